The first-order valence-corrected chi connectivity index (χ1v) is 9.48. The molecule has 2 aromatic carbocycles. The molecule has 1 atom stereocenters. The molecule has 0 aromatic heterocycles. The van der Waals surface area contributed by atoms with Crippen LogP contribution in [0.4, 0.5) is 23.2 Å². The minimum Gasteiger partial charge on any atom is -0.862 e. The number of hydrogen-bond acceptors (Lipinski definition) is 6. The molecule has 1 unspecified atom stereocenters. The first-order valence-electron chi connectivity index (χ1n) is 7.82. The topological polar surface area (TPSA) is 116 Å². The Morgan fingerprint density at radius 3 is 2.23 bits per heavy atom. The number of rotatable bonds is 5. The Bertz CT molecular complexity index is 1090. The van der Waals surface area contributed by atoms with Crippen LogP contribution < -0.4 is 10.2 Å². The van der Waals surface area contributed by atoms with Gasteiger partial charge in [-0.05, 0) is 48.4 Å². The van der Waals surface area contributed by atoms with Crippen LogP contribution in [-0.4, -0.2) is 63.4 Å². The molecule has 0 aliphatic rings. The Kier molecular flexibility index (Phi) is 8.44. The normalized spacial score (nSPS) is 14.4. The quantitative estimate of drug-likeness (QED) is 0.216. The van der Waals surface area contributed by atoms with Crippen LogP contribution in [0.3, 0.4) is 0 Å². The fourth-order valence-electron chi connectivity index (χ4n) is 2.32. The van der Waals surface area contributed by atoms with E-state index in [2.05, 4.69) is 4.99 Å². The molecule has 0 aliphatic heterocycles. The number of benzene rings is 2. The minimum absolute atomic E-state index is 0. The Morgan fingerprint density at radius 1 is 1.17 bits per heavy atom. The Hall–Kier alpha value is -1.71. The van der Waals surface area contributed by atoms with E-state index >= 15 is 0 Å². The molecule has 0 heterocycles. The molecule has 0 fully saturated rings. The van der Waals surface area contributed by atoms with E-state index in [1.807, 2.05) is 0 Å². The van der Waals surface area contributed by atoms with Gasteiger partial charge in [-0.15, -0.1) is 0 Å². The van der Waals surface area contributed by atoms with Crippen LogP contribution in [0, 0.1) is 17.1 Å². The van der Waals surface area contributed by atoms with Crippen LogP contribution in [-0.2, 0) is 16.0 Å². The number of halogens is 4. The van der Waals surface area contributed by atoms with Crippen molar-refractivity contribution in [1.82, 2.24) is 0 Å². The maximum absolute atomic E-state index is 13.0. The maximum Gasteiger partial charge on any atom is 2.00 e. The molecule has 154 valence electrons. The van der Waals surface area contributed by atoms with Crippen molar-refractivity contribution in [3.05, 3.63) is 59.4 Å². The number of sulfone groups is 1. The van der Waals surface area contributed by atoms with Gasteiger partial charge in [-0.1, -0.05) is 12.5 Å². The molecule has 0 saturated heterocycles. The second-order valence-corrected chi connectivity index (χ2v) is 8.19. The largest absolute Gasteiger partial charge is 2.00 e. The van der Waals surface area contributed by atoms with Gasteiger partial charge >= 0.3 is 43.9 Å². The van der Waals surface area contributed by atoms with Crippen molar-refractivity contribution in [2.45, 2.75) is 23.6 Å². The van der Waals surface area contributed by atoms with E-state index in [-0.39, 0.29) is 37.7 Å². The predicted octanol–water partition coefficient (Wildman–Crippen LogP) is 1.32. The Labute approximate surface area is 199 Å². The summed E-state index contributed by atoms with van der Waals surface area (Å²) >= 11 is 0. The number of nitrogens with zero attached hydrogens (tertiary/aromatic N) is 2. The number of alkyl halides is 3. The summed E-state index contributed by atoms with van der Waals surface area (Å²) in [6, 6.07) is 7.03. The van der Waals surface area contributed by atoms with Gasteiger partial charge in [-0.2, -0.15) is 18.4 Å². The minimum atomic E-state index is -4.90. The predicted molar refractivity (Wildman–Crippen MR) is 95.9 cm³/mol. The van der Waals surface area contributed by atoms with Gasteiger partial charge in [0.15, 0.2) is 9.84 Å². The first-order chi connectivity index (χ1) is 13.3. The van der Waals surface area contributed by atoms with Gasteiger partial charge in [0.2, 0.25) is 0 Å². The number of hydrogen-bond donors (Lipinski definition) is 0. The molecule has 2 aromatic rings. The molecule has 2 rings (SSSR count). The van der Waals surface area contributed by atoms with Crippen LogP contribution in [0.15, 0.2) is 52.4 Å². The van der Waals surface area contributed by atoms with Gasteiger partial charge in [0, 0.05) is 5.75 Å². The summed E-state index contributed by atoms with van der Waals surface area (Å²) < 4.78 is 76.4. The summed E-state index contributed by atoms with van der Waals surface area (Å²) in [5, 5.41) is 33.4. The van der Waals surface area contributed by atoms with Crippen LogP contribution in [0.1, 0.15) is 18.1 Å². The zero-order chi connectivity index (χ0) is 22.0. The van der Waals surface area contributed by atoms with E-state index < -0.39 is 60.8 Å². The van der Waals surface area contributed by atoms with Crippen LogP contribution in [0.2, 0.25) is 0 Å². The van der Waals surface area contributed by atoms with Gasteiger partial charge < -0.3 is 10.2 Å². The maximum atomic E-state index is 13.0. The third kappa shape index (κ3) is 6.39. The zero-order valence-electron chi connectivity index (χ0n) is 15.4. The first kappa shape index (κ1) is 26.3. The number of nitriles is 1. The van der Waals surface area contributed by atoms with Gasteiger partial charge in [0.25, 0.3) is 0 Å². The van der Waals surface area contributed by atoms with E-state index in [0.717, 1.165) is 43.3 Å². The molecule has 6 nitrogen and oxygen atoms in total. The molecule has 0 radical (unpaired) electrons. The summed E-state index contributed by atoms with van der Waals surface area (Å²) in [6.45, 7) is 0.730. The van der Waals surface area contributed by atoms with E-state index in [9.17, 15) is 36.2 Å². The molecule has 0 saturated carbocycles. The van der Waals surface area contributed by atoms with E-state index in [0.29, 0.717) is 6.07 Å². The second-order valence-electron chi connectivity index (χ2n) is 6.20. The molecule has 0 aliphatic carbocycles. The van der Waals surface area contributed by atoms with E-state index in [1.54, 1.807) is 0 Å². The van der Waals surface area contributed by atoms with Crippen molar-refractivity contribution in [2.75, 3.05) is 5.75 Å². The van der Waals surface area contributed by atoms with Crippen molar-refractivity contribution in [1.29, 1.82) is 5.26 Å². The monoisotopic (exact) mass is 468 g/mol. The van der Waals surface area contributed by atoms with Gasteiger partial charge in [-0.3, -0.25) is 4.99 Å². The van der Waals surface area contributed by atoms with Gasteiger partial charge in [0.1, 0.15) is 5.82 Å². The van der Waals surface area contributed by atoms with Crippen molar-refractivity contribution in [3.8, 4) is 6.07 Å². The van der Waals surface area contributed by atoms with Crippen molar-refractivity contribution >= 4 is 59.2 Å². The molecule has 0 bridgehead atoms. The summed E-state index contributed by atoms with van der Waals surface area (Å²) in [7, 11) is -4.30. The molecular formula is C18H12CaF4N2O4S. The Morgan fingerprint density at radius 2 is 1.73 bits per heavy atom. The SMILES string of the molecule is CC([O-])(CS(=O)(=O)c1ccc(F)cc1)C([O-])=Nc1ccc(C#N)c(C(F)(F)F)c1.[Ca+2]. The fraction of sp³-hybridized carbons (Fsp3) is 0.222. The third-order valence-corrected chi connectivity index (χ3v) is 5.67. The molecular weight excluding hydrogens is 456 g/mol. The number of aliphatic imine (C=N–C) groups is 1. The average Bonchev–Trinajstić information content (AvgIpc) is 2.60. The van der Waals surface area contributed by atoms with Crippen LogP contribution in [0.5, 0.6) is 0 Å². The second kappa shape index (κ2) is 9.62. The van der Waals surface area contributed by atoms with Crippen molar-refractivity contribution < 1.29 is 36.2 Å². The molecule has 30 heavy (non-hydrogen) atoms. The van der Waals surface area contributed by atoms with Crippen LogP contribution in [0.25, 0.3) is 0 Å². The third-order valence-electron chi connectivity index (χ3n) is 3.75. The average molecular weight is 468 g/mol. The van der Waals surface area contributed by atoms with Gasteiger partial charge in [-0.25, -0.2) is 12.8 Å². The molecule has 0 N–H and O–H groups in total. The standard InChI is InChI=1S/C18H13F4N2O4S.Ca/c1-17(26,10-29(27,28)14-6-3-12(19)4-7-14)16(25)24-13-5-2-11(9-23)15(8-13)18(20,21)22;/h2-8H,10H2,1H3,(H,24,25);/q-1;+2/p-1. The fourth-order valence-corrected chi connectivity index (χ4v) is 3.89. The van der Waals surface area contributed by atoms with Gasteiger partial charge in [0.05, 0.1) is 27.8 Å². The Balaban J connectivity index is 0.00000450. The smallest absolute Gasteiger partial charge is 0.862 e. The zero-order valence-corrected chi connectivity index (χ0v) is 18.4. The summed E-state index contributed by atoms with van der Waals surface area (Å²) in [5.74, 6) is -3.46. The summed E-state index contributed by atoms with van der Waals surface area (Å²) in [6.07, 6.45) is -4.90. The molecule has 0 amide bonds. The molecule has 0 spiro atoms. The summed E-state index contributed by atoms with van der Waals surface area (Å²) in [5.41, 5.74) is -5.42. The van der Waals surface area contributed by atoms with Crippen molar-refractivity contribution in [2.24, 2.45) is 4.99 Å². The van der Waals surface area contributed by atoms with Crippen LogP contribution >= 0.6 is 0 Å². The summed E-state index contributed by atoms with van der Waals surface area (Å²) in [4.78, 5) is 2.89. The molecule has 12 heteroatoms. The van der Waals surface area contributed by atoms with E-state index in [1.165, 1.54) is 6.07 Å². The van der Waals surface area contributed by atoms with E-state index in [4.69, 9.17) is 5.26 Å². The van der Waals surface area contributed by atoms with Crippen molar-refractivity contribution in [3.63, 3.8) is 0 Å².